The van der Waals surface area contributed by atoms with Gasteiger partial charge in [-0.2, -0.15) is 0 Å². The van der Waals surface area contributed by atoms with Gasteiger partial charge < -0.3 is 24.3 Å². The van der Waals surface area contributed by atoms with E-state index in [-0.39, 0.29) is 23.6 Å². The van der Waals surface area contributed by atoms with E-state index in [0.29, 0.717) is 29.5 Å². The summed E-state index contributed by atoms with van der Waals surface area (Å²) in [5, 5.41) is 2.62. The molecule has 1 N–H and O–H groups in total. The lowest BCUT2D eigenvalue weighted by molar-refractivity contribution is -0.118. The van der Waals surface area contributed by atoms with Crippen molar-refractivity contribution < 1.29 is 33.3 Å². The van der Waals surface area contributed by atoms with Crippen molar-refractivity contribution in [3.63, 3.8) is 0 Å². The predicted octanol–water partition coefficient (Wildman–Crippen LogP) is 2.63. The van der Waals surface area contributed by atoms with Crippen LogP contribution in [0.5, 0.6) is 17.2 Å². The highest BCUT2D eigenvalue weighted by Crippen LogP contribution is 2.29. The van der Waals surface area contributed by atoms with Crippen LogP contribution in [0.1, 0.15) is 20.7 Å². The van der Waals surface area contributed by atoms with Crippen molar-refractivity contribution in [2.45, 2.75) is 0 Å². The molecule has 1 aliphatic heterocycles. The molecule has 2 aromatic rings. The fourth-order valence-electron chi connectivity index (χ4n) is 2.62. The number of methoxy groups -OCH3 is 1. The maximum Gasteiger partial charge on any atom is 0.338 e. The van der Waals surface area contributed by atoms with Crippen molar-refractivity contribution in [3.8, 4) is 17.2 Å². The van der Waals surface area contributed by atoms with Crippen LogP contribution in [-0.4, -0.2) is 44.6 Å². The van der Waals surface area contributed by atoms with Crippen LogP contribution >= 0.6 is 0 Å². The summed E-state index contributed by atoms with van der Waals surface area (Å²) in [6.07, 6.45) is 1.59. The maximum atomic E-state index is 12.4. The third-order valence-electron chi connectivity index (χ3n) is 4.02. The standard InChI is InChI=1S/C21H19NO7/c1-3-8-27-18-7-5-14(10-19(18)26-2)21(25)29-11-16(23)13-4-6-17-15(9-13)22-20(24)12-28-17/h3-7,9-10H,1,8,11-12H2,2H3,(H,22,24). The van der Waals surface area contributed by atoms with E-state index in [4.69, 9.17) is 18.9 Å². The third-order valence-corrected chi connectivity index (χ3v) is 4.02. The van der Waals surface area contributed by atoms with E-state index in [2.05, 4.69) is 11.9 Å². The molecule has 2 aromatic carbocycles. The average molecular weight is 397 g/mol. The SMILES string of the molecule is C=CCOc1ccc(C(=O)OCC(=O)c2ccc3c(c2)NC(=O)CO3)cc1OC. The van der Waals surface area contributed by atoms with Gasteiger partial charge in [0.2, 0.25) is 0 Å². The molecule has 8 nitrogen and oxygen atoms in total. The Labute approximate surface area is 167 Å². The lowest BCUT2D eigenvalue weighted by Gasteiger charge is -2.18. The number of nitrogens with one attached hydrogen (secondary N) is 1. The second-order valence-corrected chi connectivity index (χ2v) is 6.01. The van der Waals surface area contributed by atoms with E-state index in [1.165, 1.54) is 25.3 Å². The minimum atomic E-state index is -0.679. The van der Waals surface area contributed by atoms with Crippen molar-refractivity contribution >= 4 is 23.3 Å². The molecule has 0 saturated heterocycles. The number of hydrogen-bond acceptors (Lipinski definition) is 7. The molecule has 0 saturated carbocycles. The summed E-state index contributed by atoms with van der Waals surface area (Å²) in [5.41, 5.74) is 0.901. The minimum Gasteiger partial charge on any atom is -0.493 e. The molecule has 0 aromatic heterocycles. The van der Waals surface area contributed by atoms with Crippen LogP contribution in [0.15, 0.2) is 49.1 Å². The van der Waals surface area contributed by atoms with Crippen LogP contribution in [0.3, 0.4) is 0 Å². The number of hydrogen-bond donors (Lipinski definition) is 1. The van der Waals surface area contributed by atoms with Gasteiger partial charge in [-0.25, -0.2) is 4.79 Å². The second-order valence-electron chi connectivity index (χ2n) is 6.01. The highest BCUT2D eigenvalue weighted by atomic mass is 16.5. The van der Waals surface area contributed by atoms with Crippen molar-refractivity contribution in [1.29, 1.82) is 0 Å². The van der Waals surface area contributed by atoms with Crippen molar-refractivity contribution in [1.82, 2.24) is 0 Å². The first-order valence-corrected chi connectivity index (χ1v) is 8.70. The number of ketones is 1. The number of ether oxygens (including phenoxy) is 4. The van der Waals surface area contributed by atoms with Crippen LogP contribution in [0.2, 0.25) is 0 Å². The molecule has 1 aliphatic rings. The molecule has 0 fully saturated rings. The highest BCUT2D eigenvalue weighted by Gasteiger charge is 2.19. The number of anilines is 1. The van der Waals surface area contributed by atoms with E-state index in [1.807, 2.05) is 0 Å². The van der Waals surface area contributed by atoms with Crippen molar-refractivity contribution in [2.75, 3.05) is 32.2 Å². The molecule has 0 unspecified atom stereocenters. The van der Waals surface area contributed by atoms with Gasteiger partial charge in [0.05, 0.1) is 18.4 Å². The Morgan fingerprint density at radius 2 is 1.97 bits per heavy atom. The number of carbonyl (C=O) groups is 3. The molecule has 8 heteroatoms. The Hall–Kier alpha value is -3.81. The lowest BCUT2D eigenvalue weighted by atomic mass is 10.1. The van der Waals surface area contributed by atoms with Gasteiger partial charge in [0.15, 0.2) is 30.5 Å². The van der Waals surface area contributed by atoms with Crippen LogP contribution in [-0.2, 0) is 9.53 Å². The average Bonchev–Trinajstić information content (AvgIpc) is 2.75. The molecule has 0 atom stereocenters. The summed E-state index contributed by atoms with van der Waals surface area (Å²) in [5.74, 6) is -0.108. The first-order valence-electron chi connectivity index (χ1n) is 8.70. The minimum absolute atomic E-state index is 0.0706. The normalized spacial score (nSPS) is 12.1. The fraction of sp³-hybridized carbons (Fsp3) is 0.190. The van der Waals surface area contributed by atoms with E-state index in [1.54, 1.807) is 24.3 Å². The molecule has 150 valence electrons. The number of fused-ring (bicyclic) bond motifs is 1. The quantitative estimate of drug-likeness (QED) is 0.415. The summed E-state index contributed by atoms with van der Waals surface area (Å²) >= 11 is 0. The number of benzene rings is 2. The highest BCUT2D eigenvalue weighted by molar-refractivity contribution is 6.02. The van der Waals surface area contributed by atoms with E-state index >= 15 is 0 Å². The topological polar surface area (TPSA) is 100 Å². The summed E-state index contributed by atoms with van der Waals surface area (Å²) in [6.45, 7) is 3.34. The number of amides is 1. The largest absolute Gasteiger partial charge is 0.493 e. The smallest absolute Gasteiger partial charge is 0.338 e. The molecule has 3 rings (SSSR count). The number of rotatable bonds is 8. The van der Waals surface area contributed by atoms with Gasteiger partial charge in [-0.05, 0) is 36.4 Å². The van der Waals surface area contributed by atoms with Gasteiger partial charge in [-0.3, -0.25) is 9.59 Å². The van der Waals surface area contributed by atoms with Crippen LogP contribution in [0.25, 0.3) is 0 Å². The molecule has 0 bridgehead atoms. The summed E-state index contributed by atoms with van der Waals surface area (Å²) in [4.78, 5) is 36.0. The zero-order valence-electron chi connectivity index (χ0n) is 15.7. The zero-order chi connectivity index (χ0) is 20.8. The van der Waals surface area contributed by atoms with Gasteiger partial charge >= 0.3 is 5.97 Å². The van der Waals surface area contributed by atoms with E-state index < -0.39 is 18.4 Å². The molecular weight excluding hydrogens is 378 g/mol. The van der Waals surface area contributed by atoms with Crippen molar-refractivity contribution in [2.24, 2.45) is 0 Å². The number of esters is 1. The van der Waals surface area contributed by atoms with Crippen LogP contribution in [0, 0.1) is 0 Å². The van der Waals surface area contributed by atoms with Gasteiger partial charge in [0, 0.05) is 5.56 Å². The lowest BCUT2D eigenvalue weighted by Crippen LogP contribution is -2.25. The van der Waals surface area contributed by atoms with Gasteiger partial charge in [0.1, 0.15) is 12.4 Å². The Balaban J connectivity index is 1.64. The number of Topliss-reactive ketones (excluding diaryl/α,β-unsaturated/α-hetero) is 1. The molecular formula is C21H19NO7. The van der Waals surface area contributed by atoms with E-state index in [9.17, 15) is 14.4 Å². The van der Waals surface area contributed by atoms with E-state index in [0.717, 1.165) is 0 Å². The molecule has 1 amide bonds. The molecule has 0 spiro atoms. The van der Waals surface area contributed by atoms with Crippen LogP contribution < -0.4 is 19.5 Å². The Morgan fingerprint density at radius 3 is 2.72 bits per heavy atom. The van der Waals surface area contributed by atoms with Crippen molar-refractivity contribution in [3.05, 3.63) is 60.2 Å². The fourth-order valence-corrected chi connectivity index (χ4v) is 2.62. The van der Waals surface area contributed by atoms with Gasteiger partial charge in [-0.15, -0.1) is 0 Å². The number of carbonyl (C=O) groups excluding carboxylic acids is 3. The monoisotopic (exact) mass is 397 g/mol. The summed E-state index contributed by atoms with van der Waals surface area (Å²) in [6, 6.07) is 9.17. The predicted molar refractivity (Wildman–Crippen MR) is 104 cm³/mol. The molecule has 0 radical (unpaired) electrons. The maximum absolute atomic E-state index is 12.4. The Morgan fingerprint density at radius 1 is 1.17 bits per heavy atom. The first kappa shape index (κ1) is 19.9. The zero-order valence-corrected chi connectivity index (χ0v) is 15.7. The third kappa shape index (κ3) is 4.73. The summed E-state index contributed by atoms with van der Waals surface area (Å²) < 4.78 is 21.0. The molecule has 29 heavy (non-hydrogen) atoms. The Kier molecular flexibility index (Phi) is 6.13. The van der Waals surface area contributed by atoms with Gasteiger partial charge in [-0.1, -0.05) is 12.7 Å². The van der Waals surface area contributed by atoms with Crippen LogP contribution in [0.4, 0.5) is 5.69 Å². The molecule has 0 aliphatic carbocycles. The Bertz CT molecular complexity index is 967. The first-order chi connectivity index (χ1) is 14.0. The molecule has 1 heterocycles. The second kappa shape index (κ2) is 8.92. The summed E-state index contributed by atoms with van der Waals surface area (Å²) in [7, 11) is 1.45. The van der Waals surface area contributed by atoms with Gasteiger partial charge in [0.25, 0.3) is 5.91 Å².